The van der Waals surface area contributed by atoms with Gasteiger partial charge in [-0.05, 0) is 36.6 Å². The number of carbonyl (C=O) groups is 1. The third-order valence-corrected chi connectivity index (χ3v) is 3.61. The number of aryl methyl sites for hydroxylation is 1. The van der Waals surface area contributed by atoms with Gasteiger partial charge in [0.25, 0.3) is 0 Å². The summed E-state index contributed by atoms with van der Waals surface area (Å²) >= 11 is 6.11. The molecule has 0 aliphatic rings. The lowest BCUT2D eigenvalue weighted by molar-refractivity contribution is 0.239. The van der Waals surface area contributed by atoms with Crippen LogP contribution in [0.1, 0.15) is 23.6 Å². The van der Waals surface area contributed by atoms with E-state index < -0.39 is 0 Å². The molecule has 0 bridgehead atoms. The fourth-order valence-electron chi connectivity index (χ4n) is 2.17. The van der Waals surface area contributed by atoms with Gasteiger partial charge in [0.1, 0.15) is 0 Å². The minimum Gasteiger partial charge on any atom is -0.396 e. The van der Waals surface area contributed by atoms with Crippen LogP contribution in [-0.4, -0.2) is 17.7 Å². The third kappa shape index (κ3) is 4.48. The highest BCUT2D eigenvalue weighted by Gasteiger charge is 2.14. The molecule has 0 saturated heterocycles. The van der Waals surface area contributed by atoms with Gasteiger partial charge < -0.3 is 15.7 Å². The SMILES string of the molecule is Cc1ccc(NC(=O)N[C@H](CCO)c2ccccc2)c(Cl)c1. The maximum absolute atomic E-state index is 12.1. The molecule has 1 atom stereocenters. The first kappa shape index (κ1) is 16.3. The molecule has 0 unspecified atom stereocenters. The molecule has 116 valence electrons. The second kappa shape index (κ2) is 7.82. The van der Waals surface area contributed by atoms with Crippen molar-refractivity contribution in [3.8, 4) is 0 Å². The molecule has 0 heterocycles. The highest BCUT2D eigenvalue weighted by Crippen LogP contribution is 2.23. The van der Waals surface area contributed by atoms with E-state index in [4.69, 9.17) is 11.6 Å². The molecule has 3 N–H and O–H groups in total. The zero-order chi connectivity index (χ0) is 15.9. The molecule has 4 nitrogen and oxygen atoms in total. The Hall–Kier alpha value is -2.04. The summed E-state index contributed by atoms with van der Waals surface area (Å²) in [5.74, 6) is 0. The Morgan fingerprint density at radius 3 is 2.59 bits per heavy atom. The molecule has 0 aliphatic heterocycles. The van der Waals surface area contributed by atoms with Gasteiger partial charge in [-0.2, -0.15) is 0 Å². The lowest BCUT2D eigenvalue weighted by atomic mass is 10.0. The summed E-state index contributed by atoms with van der Waals surface area (Å²) < 4.78 is 0. The number of aliphatic hydroxyl groups excluding tert-OH is 1. The first-order valence-electron chi connectivity index (χ1n) is 7.09. The molecule has 0 fully saturated rings. The number of anilines is 1. The molecule has 5 heteroatoms. The average molecular weight is 319 g/mol. The molecule has 2 rings (SSSR count). The number of rotatable bonds is 5. The zero-order valence-electron chi connectivity index (χ0n) is 12.3. The quantitative estimate of drug-likeness (QED) is 0.783. The van der Waals surface area contributed by atoms with Crippen LogP contribution in [0.25, 0.3) is 0 Å². The van der Waals surface area contributed by atoms with Crippen molar-refractivity contribution in [1.29, 1.82) is 0 Å². The molecular weight excluding hydrogens is 300 g/mol. The topological polar surface area (TPSA) is 61.4 Å². The van der Waals surface area contributed by atoms with Crippen LogP contribution in [0.15, 0.2) is 48.5 Å². The molecule has 0 aromatic heterocycles. The van der Waals surface area contributed by atoms with E-state index in [1.807, 2.05) is 43.3 Å². The minimum absolute atomic E-state index is 0.00880. The Kier molecular flexibility index (Phi) is 5.81. The van der Waals surface area contributed by atoms with Gasteiger partial charge in [-0.15, -0.1) is 0 Å². The number of benzene rings is 2. The van der Waals surface area contributed by atoms with Gasteiger partial charge in [0.2, 0.25) is 0 Å². The van der Waals surface area contributed by atoms with Crippen LogP contribution in [-0.2, 0) is 0 Å². The van der Waals surface area contributed by atoms with Gasteiger partial charge >= 0.3 is 6.03 Å². The van der Waals surface area contributed by atoms with E-state index in [1.165, 1.54) is 0 Å². The summed E-state index contributed by atoms with van der Waals surface area (Å²) in [4.78, 5) is 12.1. The van der Waals surface area contributed by atoms with E-state index in [2.05, 4.69) is 10.6 Å². The summed E-state index contributed by atoms with van der Waals surface area (Å²) in [5, 5.41) is 15.3. The Labute approximate surface area is 135 Å². The number of halogens is 1. The highest BCUT2D eigenvalue weighted by molar-refractivity contribution is 6.33. The van der Waals surface area contributed by atoms with Crippen molar-refractivity contribution in [2.75, 3.05) is 11.9 Å². The maximum atomic E-state index is 12.1. The van der Waals surface area contributed by atoms with Crippen molar-refractivity contribution in [3.63, 3.8) is 0 Å². The average Bonchev–Trinajstić information content (AvgIpc) is 2.50. The summed E-state index contributed by atoms with van der Waals surface area (Å²) in [6, 6.07) is 14.4. The Balaban J connectivity index is 2.05. The molecule has 2 aromatic rings. The summed E-state index contributed by atoms with van der Waals surface area (Å²) in [5.41, 5.74) is 2.53. The molecule has 22 heavy (non-hydrogen) atoms. The predicted molar refractivity (Wildman–Crippen MR) is 89.2 cm³/mol. The van der Waals surface area contributed by atoms with Crippen LogP contribution >= 0.6 is 11.6 Å². The van der Waals surface area contributed by atoms with Crippen molar-refractivity contribution in [2.24, 2.45) is 0 Å². The molecular formula is C17H19ClN2O2. The van der Waals surface area contributed by atoms with Crippen LogP contribution in [0.5, 0.6) is 0 Å². The van der Waals surface area contributed by atoms with E-state index in [9.17, 15) is 9.90 Å². The second-order valence-corrected chi connectivity index (χ2v) is 5.46. The first-order valence-corrected chi connectivity index (χ1v) is 7.47. The minimum atomic E-state index is -0.354. The van der Waals surface area contributed by atoms with Gasteiger partial charge in [-0.25, -0.2) is 4.79 Å². The van der Waals surface area contributed by atoms with Crippen molar-refractivity contribution < 1.29 is 9.90 Å². The standard InChI is InChI=1S/C17H19ClN2O2/c1-12-7-8-16(14(18)11-12)20-17(22)19-15(9-10-21)13-5-3-2-4-6-13/h2-8,11,15,21H,9-10H2,1H3,(H2,19,20,22)/t15-/m1/s1. The molecule has 0 spiro atoms. The van der Waals surface area contributed by atoms with E-state index in [1.54, 1.807) is 12.1 Å². The van der Waals surface area contributed by atoms with Crippen LogP contribution in [0.4, 0.5) is 10.5 Å². The third-order valence-electron chi connectivity index (χ3n) is 3.30. The summed E-state index contributed by atoms with van der Waals surface area (Å²) in [7, 11) is 0. The second-order valence-electron chi connectivity index (χ2n) is 5.06. The Bertz CT molecular complexity index is 632. The predicted octanol–water partition coefficient (Wildman–Crippen LogP) is 3.89. The number of carbonyl (C=O) groups excluding carboxylic acids is 1. The highest BCUT2D eigenvalue weighted by atomic mass is 35.5. The number of urea groups is 1. The fraction of sp³-hybridized carbons (Fsp3) is 0.235. The molecule has 2 amide bonds. The van der Waals surface area contributed by atoms with Gasteiger partial charge in [-0.1, -0.05) is 48.0 Å². The van der Waals surface area contributed by atoms with Gasteiger partial charge in [-0.3, -0.25) is 0 Å². The molecule has 0 aliphatic carbocycles. The van der Waals surface area contributed by atoms with E-state index in [-0.39, 0.29) is 18.7 Å². The van der Waals surface area contributed by atoms with E-state index in [0.29, 0.717) is 17.1 Å². The van der Waals surface area contributed by atoms with Crippen LogP contribution in [0.3, 0.4) is 0 Å². The first-order chi connectivity index (χ1) is 10.6. The number of aliphatic hydroxyl groups is 1. The molecule has 2 aromatic carbocycles. The zero-order valence-corrected chi connectivity index (χ0v) is 13.1. The molecule has 0 saturated carbocycles. The largest absolute Gasteiger partial charge is 0.396 e. The normalized spacial score (nSPS) is 11.8. The van der Waals surface area contributed by atoms with Gasteiger partial charge in [0, 0.05) is 6.61 Å². The number of amides is 2. The van der Waals surface area contributed by atoms with Crippen molar-refractivity contribution >= 4 is 23.3 Å². The lowest BCUT2D eigenvalue weighted by Crippen LogP contribution is -2.33. The van der Waals surface area contributed by atoms with Crippen molar-refractivity contribution in [1.82, 2.24) is 5.32 Å². The monoisotopic (exact) mass is 318 g/mol. The molecule has 0 radical (unpaired) electrons. The lowest BCUT2D eigenvalue weighted by Gasteiger charge is -2.19. The van der Waals surface area contributed by atoms with Crippen LogP contribution in [0, 0.1) is 6.92 Å². The summed E-state index contributed by atoms with van der Waals surface area (Å²) in [6.07, 6.45) is 0.444. The van der Waals surface area contributed by atoms with E-state index >= 15 is 0 Å². The number of hydrogen-bond donors (Lipinski definition) is 3. The fourth-order valence-corrected chi connectivity index (χ4v) is 2.46. The van der Waals surface area contributed by atoms with Crippen LogP contribution in [0.2, 0.25) is 5.02 Å². The Morgan fingerprint density at radius 1 is 1.23 bits per heavy atom. The van der Waals surface area contributed by atoms with Gasteiger partial charge in [0.15, 0.2) is 0 Å². The van der Waals surface area contributed by atoms with Crippen molar-refractivity contribution in [2.45, 2.75) is 19.4 Å². The van der Waals surface area contributed by atoms with Gasteiger partial charge in [0.05, 0.1) is 16.8 Å². The summed E-state index contributed by atoms with van der Waals surface area (Å²) in [6.45, 7) is 1.92. The number of hydrogen-bond acceptors (Lipinski definition) is 2. The van der Waals surface area contributed by atoms with E-state index in [0.717, 1.165) is 11.1 Å². The van der Waals surface area contributed by atoms with Crippen LogP contribution < -0.4 is 10.6 Å². The smallest absolute Gasteiger partial charge is 0.319 e. The Morgan fingerprint density at radius 2 is 1.95 bits per heavy atom. The number of nitrogens with one attached hydrogen (secondary N) is 2. The van der Waals surface area contributed by atoms with Crippen molar-refractivity contribution in [3.05, 3.63) is 64.7 Å². The maximum Gasteiger partial charge on any atom is 0.319 e.